The van der Waals surface area contributed by atoms with Crippen molar-refractivity contribution >= 4 is 12.4 Å². The first-order chi connectivity index (χ1) is 8.81. The maximum atomic E-state index is 8.61. The third kappa shape index (κ3) is 54.8. The molecule has 12 nitrogen and oxygen atoms in total. The standard InChI is InChI=1S/C7H18N2O2.ClH.2HNO3/c8-2-1-3-9(4-6-10)5-7-11;;2*2-1(3)4/h10-11H,1-8H2;1H;2*(H,2,3,4). The first kappa shape index (κ1) is 27.0. The third-order valence-corrected chi connectivity index (χ3v) is 1.51. The van der Waals surface area contributed by atoms with E-state index in [4.69, 9.17) is 46.6 Å². The number of halogens is 1. The zero-order valence-electron chi connectivity index (χ0n) is 10.7. The average molecular weight is 325 g/mol. The number of aliphatic hydroxyl groups excluding tert-OH is 2. The molecule has 0 aromatic rings. The molecule has 0 saturated carbocycles. The summed E-state index contributed by atoms with van der Waals surface area (Å²) in [4.78, 5) is 18.7. The minimum Gasteiger partial charge on any atom is -0.395 e. The number of nitrogens with zero attached hydrogens (tertiary/aromatic N) is 3. The van der Waals surface area contributed by atoms with Gasteiger partial charge >= 0.3 is 0 Å². The second kappa shape index (κ2) is 22.7. The monoisotopic (exact) mass is 324 g/mol. The van der Waals surface area contributed by atoms with E-state index in [0.29, 0.717) is 19.6 Å². The van der Waals surface area contributed by atoms with Crippen LogP contribution in [-0.4, -0.2) is 75.1 Å². The summed E-state index contributed by atoms with van der Waals surface area (Å²) >= 11 is 0. The first-order valence-electron chi connectivity index (χ1n) is 5.12. The molecule has 0 atom stereocenters. The fourth-order valence-corrected chi connectivity index (χ4v) is 0.933. The Morgan fingerprint density at radius 1 is 0.950 bits per heavy atom. The molecule has 0 aromatic heterocycles. The van der Waals surface area contributed by atoms with Gasteiger partial charge < -0.3 is 26.4 Å². The van der Waals surface area contributed by atoms with Crippen molar-refractivity contribution in [2.75, 3.05) is 39.4 Å². The molecule has 124 valence electrons. The maximum Gasteiger partial charge on any atom is 0.291 e. The van der Waals surface area contributed by atoms with Crippen molar-refractivity contribution in [3.63, 3.8) is 0 Å². The Morgan fingerprint density at radius 3 is 1.45 bits per heavy atom. The topological polar surface area (TPSA) is 196 Å². The summed E-state index contributed by atoms with van der Waals surface area (Å²) in [6, 6.07) is 0. The fraction of sp³-hybridized carbons (Fsp3) is 1.00. The van der Waals surface area contributed by atoms with Gasteiger partial charge in [0.15, 0.2) is 0 Å². The van der Waals surface area contributed by atoms with Crippen molar-refractivity contribution in [1.29, 1.82) is 0 Å². The molecule has 0 rings (SSSR count). The highest BCUT2D eigenvalue weighted by Gasteiger charge is 2.00. The van der Waals surface area contributed by atoms with Crippen LogP contribution in [0.1, 0.15) is 6.42 Å². The lowest BCUT2D eigenvalue weighted by atomic mass is 10.3. The van der Waals surface area contributed by atoms with Crippen LogP contribution in [0.2, 0.25) is 0 Å². The van der Waals surface area contributed by atoms with Gasteiger partial charge in [-0.3, -0.25) is 4.90 Å². The normalized spacial score (nSPS) is 8.40. The molecule has 20 heavy (non-hydrogen) atoms. The van der Waals surface area contributed by atoms with E-state index in [-0.39, 0.29) is 25.6 Å². The Hall–Kier alpha value is -1.47. The van der Waals surface area contributed by atoms with Gasteiger partial charge in [-0.15, -0.1) is 32.6 Å². The Labute approximate surface area is 121 Å². The number of rotatable bonds is 7. The fourth-order valence-electron chi connectivity index (χ4n) is 0.933. The van der Waals surface area contributed by atoms with E-state index in [1.54, 1.807) is 0 Å². The van der Waals surface area contributed by atoms with Crippen LogP contribution in [0.15, 0.2) is 0 Å². The van der Waals surface area contributed by atoms with E-state index in [1.165, 1.54) is 0 Å². The minimum atomic E-state index is -1.50. The molecule has 13 heteroatoms. The van der Waals surface area contributed by atoms with E-state index in [1.807, 2.05) is 4.90 Å². The molecule has 0 aliphatic heterocycles. The molecule has 0 radical (unpaired) electrons. The van der Waals surface area contributed by atoms with Crippen LogP contribution in [0, 0.1) is 20.2 Å². The van der Waals surface area contributed by atoms with Gasteiger partial charge in [-0.25, -0.2) is 0 Å². The zero-order chi connectivity index (χ0) is 15.7. The van der Waals surface area contributed by atoms with Crippen molar-refractivity contribution in [3.05, 3.63) is 20.2 Å². The van der Waals surface area contributed by atoms with Crippen molar-refractivity contribution in [2.45, 2.75) is 6.42 Å². The molecule has 6 N–H and O–H groups in total. The predicted octanol–water partition coefficient (Wildman–Crippen LogP) is -1.65. The van der Waals surface area contributed by atoms with Crippen LogP contribution in [0.3, 0.4) is 0 Å². The van der Waals surface area contributed by atoms with Gasteiger partial charge in [0.2, 0.25) is 0 Å². The average Bonchev–Trinajstić information content (AvgIpc) is 2.25. The van der Waals surface area contributed by atoms with E-state index < -0.39 is 10.2 Å². The van der Waals surface area contributed by atoms with Gasteiger partial charge in [-0.05, 0) is 19.5 Å². The molecule has 0 aliphatic carbocycles. The molecule has 0 aliphatic rings. The second-order valence-corrected chi connectivity index (χ2v) is 2.91. The molecular formula is C7H21ClN4O8. The van der Waals surface area contributed by atoms with E-state index in [2.05, 4.69) is 0 Å². The highest BCUT2D eigenvalue weighted by Crippen LogP contribution is 1.88. The van der Waals surface area contributed by atoms with Crippen LogP contribution in [-0.2, 0) is 0 Å². The second-order valence-electron chi connectivity index (χ2n) is 2.91. The Morgan fingerprint density at radius 2 is 1.25 bits per heavy atom. The molecule has 0 aromatic carbocycles. The summed E-state index contributed by atoms with van der Waals surface area (Å²) in [5.74, 6) is 0. The molecule has 0 unspecified atom stereocenters. The lowest BCUT2D eigenvalue weighted by Gasteiger charge is -2.19. The molecule has 0 fully saturated rings. The summed E-state index contributed by atoms with van der Waals surface area (Å²) in [6.45, 7) is 3.06. The van der Waals surface area contributed by atoms with Gasteiger partial charge in [0.25, 0.3) is 10.2 Å². The van der Waals surface area contributed by atoms with Crippen LogP contribution < -0.4 is 5.73 Å². The molecular weight excluding hydrogens is 304 g/mol. The zero-order valence-corrected chi connectivity index (χ0v) is 11.5. The Kier molecular flexibility index (Phi) is 30.6. The molecule has 0 bridgehead atoms. The lowest BCUT2D eigenvalue weighted by Crippen LogP contribution is -2.31. The smallest absolute Gasteiger partial charge is 0.291 e. The minimum absolute atomic E-state index is 0. The van der Waals surface area contributed by atoms with Gasteiger partial charge in [-0.1, -0.05) is 0 Å². The Balaban J connectivity index is -0.000000119. The van der Waals surface area contributed by atoms with Gasteiger partial charge in [0.05, 0.1) is 13.2 Å². The van der Waals surface area contributed by atoms with Crippen molar-refractivity contribution in [1.82, 2.24) is 4.90 Å². The molecule has 0 amide bonds. The van der Waals surface area contributed by atoms with E-state index in [0.717, 1.165) is 13.0 Å². The quantitative estimate of drug-likeness (QED) is 0.267. The van der Waals surface area contributed by atoms with Gasteiger partial charge in [-0.2, -0.15) is 0 Å². The summed E-state index contributed by atoms with van der Waals surface area (Å²) < 4.78 is 0. The largest absolute Gasteiger partial charge is 0.395 e. The molecule has 0 spiro atoms. The number of nitrogens with two attached hydrogens (primary N) is 1. The first-order valence-corrected chi connectivity index (χ1v) is 5.12. The van der Waals surface area contributed by atoms with Gasteiger partial charge in [0, 0.05) is 13.1 Å². The number of hydrogen-bond donors (Lipinski definition) is 5. The number of aliphatic hydroxyl groups is 2. The number of hydrogen-bond acceptors (Lipinski definition) is 8. The Bertz CT molecular complexity index is 197. The van der Waals surface area contributed by atoms with Crippen LogP contribution >= 0.6 is 12.4 Å². The van der Waals surface area contributed by atoms with Crippen LogP contribution in [0.25, 0.3) is 0 Å². The summed E-state index contributed by atoms with van der Waals surface area (Å²) in [6.07, 6.45) is 0.917. The highest BCUT2D eigenvalue weighted by molar-refractivity contribution is 5.85. The van der Waals surface area contributed by atoms with Crippen molar-refractivity contribution in [3.8, 4) is 0 Å². The van der Waals surface area contributed by atoms with E-state index in [9.17, 15) is 0 Å². The van der Waals surface area contributed by atoms with Crippen molar-refractivity contribution in [2.24, 2.45) is 5.73 Å². The third-order valence-electron chi connectivity index (χ3n) is 1.51. The lowest BCUT2D eigenvalue weighted by molar-refractivity contribution is -0.742. The van der Waals surface area contributed by atoms with Crippen LogP contribution in [0.4, 0.5) is 0 Å². The molecule has 0 saturated heterocycles. The summed E-state index contributed by atoms with van der Waals surface area (Å²) in [7, 11) is 0. The van der Waals surface area contributed by atoms with Crippen LogP contribution in [0.5, 0.6) is 0 Å². The SMILES string of the molecule is Cl.NCCCN(CCO)CCO.O=[N+]([O-])O.O=[N+]([O-])O. The summed E-state index contributed by atoms with van der Waals surface area (Å²) in [5, 5.41) is 44.5. The predicted molar refractivity (Wildman–Crippen MR) is 69.1 cm³/mol. The van der Waals surface area contributed by atoms with Crippen molar-refractivity contribution < 1.29 is 30.8 Å². The van der Waals surface area contributed by atoms with E-state index >= 15 is 0 Å². The maximum absolute atomic E-state index is 8.61. The summed E-state index contributed by atoms with van der Waals surface area (Å²) in [5.41, 5.74) is 5.32. The van der Waals surface area contributed by atoms with Gasteiger partial charge in [0.1, 0.15) is 0 Å². The highest BCUT2D eigenvalue weighted by atomic mass is 35.5. The molecule has 0 heterocycles.